The van der Waals surface area contributed by atoms with Crippen LogP contribution in [0.3, 0.4) is 0 Å². The molecule has 1 aromatic carbocycles. The fourth-order valence-corrected chi connectivity index (χ4v) is 5.96. The Hall–Kier alpha value is -2.65. The molecule has 1 aliphatic carbocycles. The van der Waals surface area contributed by atoms with E-state index >= 15 is 0 Å². The number of aromatic nitrogens is 3. The summed E-state index contributed by atoms with van der Waals surface area (Å²) in [5, 5.41) is 1.00. The molecule has 1 atom stereocenters. The highest BCUT2D eigenvalue weighted by atomic mass is 32.2. The summed E-state index contributed by atoms with van der Waals surface area (Å²) in [6.07, 6.45) is 4.28. The van der Waals surface area contributed by atoms with E-state index in [2.05, 4.69) is 9.88 Å². The van der Waals surface area contributed by atoms with Crippen molar-refractivity contribution >= 4 is 26.6 Å². The van der Waals surface area contributed by atoms with Gasteiger partial charge in [0.1, 0.15) is 17.0 Å². The average molecular weight is 426 g/mol. The van der Waals surface area contributed by atoms with Crippen molar-refractivity contribution in [3.05, 3.63) is 36.2 Å². The van der Waals surface area contributed by atoms with Gasteiger partial charge in [0, 0.05) is 35.5 Å². The van der Waals surface area contributed by atoms with E-state index in [1.807, 2.05) is 30.5 Å². The lowest BCUT2D eigenvalue weighted by Gasteiger charge is -2.41. The Balaban J connectivity index is 1.62. The van der Waals surface area contributed by atoms with Crippen molar-refractivity contribution in [3.63, 3.8) is 0 Å². The lowest BCUT2D eigenvalue weighted by Crippen LogP contribution is -2.52. The molecule has 2 aliphatic heterocycles. The van der Waals surface area contributed by atoms with E-state index < -0.39 is 14.6 Å². The molecule has 0 amide bonds. The molecule has 0 spiro atoms. The van der Waals surface area contributed by atoms with Crippen molar-refractivity contribution < 1.29 is 17.9 Å². The second kappa shape index (κ2) is 6.18. The molecule has 0 radical (unpaired) electrons. The van der Waals surface area contributed by atoms with Gasteiger partial charge in [-0.3, -0.25) is 0 Å². The summed E-state index contributed by atoms with van der Waals surface area (Å²) in [4.78, 5) is 15.1. The molecule has 3 aromatic rings. The van der Waals surface area contributed by atoms with Gasteiger partial charge < -0.3 is 19.4 Å². The Kier molecular flexibility index (Phi) is 3.74. The fraction of sp³-hybridized carbons (Fsp3) is 0.429. The maximum absolute atomic E-state index is 12.7. The second-order valence-corrected chi connectivity index (χ2v) is 10.6. The van der Waals surface area contributed by atoms with Crippen LogP contribution in [0.1, 0.15) is 18.5 Å². The Morgan fingerprint density at radius 1 is 1.20 bits per heavy atom. The first kappa shape index (κ1) is 18.1. The molecule has 6 rings (SSSR count). The van der Waals surface area contributed by atoms with E-state index in [1.165, 1.54) is 6.26 Å². The number of hydrogen-bond donors (Lipinski definition) is 1. The van der Waals surface area contributed by atoms with E-state index in [9.17, 15) is 8.42 Å². The van der Waals surface area contributed by atoms with Crippen LogP contribution in [0.5, 0.6) is 5.75 Å². The van der Waals surface area contributed by atoms with Crippen LogP contribution in [0.25, 0.3) is 22.3 Å². The summed E-state index contributed by atoms with van der Waals surface area (Å²) in [5.74, 6) is 1.72. The summed E-state index contributed by atoms with van der Waals surface area (Å²) in [6.45, 7) is 2.31. The smallest absolute Gasteiger partial charge is 0.185 e. The largest absolute Gasteiger partial charge is 0.486 e. The van der Waals surface area contributed by atoms with Crippen molar-refractivity contribution in [3.8, 4) is 17.1 Å². The Bertz CT molecular complexity index is 1270. The molecule has 1 saturated heterocycles. The number of benzene rings is 1. The summed E-state index contributed by atoms with van der Waals surface area (Å²) in [7, 11) is -3.36. The van der Waals surface area contributed by atoms with Gasteiger partial charge in [-0.15, -0.1) is 0 Å². The number of nitrogens with one attached hydrogen (secondary N) is 1. The summed E-state index contributed by atoms with van der Waals surface area (Å²) in [5.41, 5.74) is 2.36. The second-order valence-electron chi connectivity index (χ2n) is 8.29. The van der Waals surface area contributed by atoms with E-state index in [0.717, 1.165) is 16.5 Å². The zero-order valence-electron chi connectivity index (χ0n) is 16.6. The molecule has 156 valence electrons. The molecule has 0 bridgehead atoms. The topological polar surface area (TPSA) is 97.4 Å². The van der Waals surface area contributed by atoms with Gasteiger partial charge in [-0.2, -0.15) is 0 Å². The number of H-pyrrole nitrogens is 1. The lowest BCUT2D eigenvalue weighted by molar-refractivity contribution is 0.0692. The first-order chi connectivity index (χ1) is 14.5. The van der Waals surface area contributed by atoms with Crippen LogP contribution in [0, 0.1) is 0 Å². The summed E-state index contributed by atoms with van der Waals surface area (Å²) < 4.78 is 36.2. The monoisotopic (exact) mass is 426 g/mol. The molecule has 30 heavy (non-hydrogen) atoms. The minimum Gasteiger partial charge on any atom is -0.486 e. The first-order valence-corrected chi connectivity index (χ1v) is 12.0. The molecule has 2 aromatic heterocycles. The minimum atomic E-state index is -3.36. The van der Waals surface area contributed by atoms with Crippen LogP contribution in [-0.4, -0.2) is 62.0 Å². The van der Waals surface area contributed by atoms with E-state index in [-0.39, 0.29) is 6.04 Å². The third-order valence-electron chi connectivity index (χ3n) is 6.45. The van der Waals surface area contributed by atoms with Crippen LogP contribution >= 0.6 is 0 Å². The number of rotatable bonds is 3. The zero-order chi connectivity index (χ0) is 20.5. The van der Waals surface area contributed by atoms with Gasteiger partial charge in [-0.1, -0.05) is 12.1 Å². The zero-order valence-corrected chi connectivity index (χ0v) is 17.4. The molecule has 4 heterocycles. The van der Waals surface area contributed by atoms with Crippen LogP contribution in [0.15, 0.2) is 30.5 Å². The number of aromatic amines is 1. The molecule has 1 unspecified atom stereocenters. The van der Waals surface area contributed by atoms with E-state index in [4.69, 9.17) is 19.4 Å². The van der Waals surface area contributed by atoms with Gasteiger partial charge in [0.25, 0.3) is 0 Å². The highest BCUT2D eigenvalue weighted by Gasteiger charge is 2.58. The first-order valence-electron chi connectivity index (χ1n) is 10.1. The van der Waals surface area contributed by atoms with Crippen molar-refractivity contribution in [2.45, 2.75) is 23.6 Å². The van der Waals surface area contributed by atoms with Gasteiger partial charge in [0.15, 0.2) is 27.2 Å². The normalized spacial score (nSPS) is 22.3. The van der Waals surface area contributed by atoms with Crippen LogP contribution in [0.4, 0.5) is 5.82 Å². The molecule has 1 saturated carbocycles. The predicted octanol–water partition coefficient (Wildman–Crippen LogP) is 2.26. The molecule has 3 aliphatic rings. The van der Waals surface area contributed by atoms with Crippen molar-refractivity contribution in [2.24, 2.45) is 0 Å². The number of sulfone groups is 1. The lowest BCUT2D eigenvalue weighted by atomic mass is 10.1. The summed E-state index contributed by atoms with van der Waals surface area (Å²) >= 11 is 0. The van der Waals surface area contributed by atoms with Crippen LogP contribution < -0.4 is 9.64 Å². The average Bonchev–Trinajstić information content (AvgIpc) is 3.43. The number of nitrogens with zero attached hydrogens (tertiary/aromatic N) is 3. The van der Waals surface area contributed by atoms with Crippen LogP contribution in [0.2, 0.25) is 0 Å². The number of ether oxygens (including phenoxy) is 2. The maximum Gasteiger partial charge on any atom is 0.185 e. The van der Waals surface area contributed by atoms with Gasteiger partial charge in [-0.25, -0.2) is 18.4 Å². The molecule has 8 nitrogen and oxygen atoms in total. The van der Waals surface area contributed by atoms with E-state index in [1.54, 1.807) is 0 Å². The van der Waals surface area contributed by atoms with Gasteiger partial charge in [-0.05, 0) is 25.0 Å². The van der Waals surface area contributed by atoms with Gasteiger partial charge in [0.05, 0.1) is 19.3 Å². The Labute approximate surface area is 174 Å². The minimum absolute atomic E-state index is 0.0679. The Morgan fingerprint density at radius 3 is 2.87 bits per heavy atom. The summed E-state index contributed by atoms with van der Waals surface area (Å²) in [6, 6.07) is 7.98. The van der Waals surface area contributed by atoms with Crippen molar-refractivity contribution in [2.75, 3.05) is 37.5 Å². The molecule has 1 N–H and O–H groups in total. The standard InChI is InChI=1S/C21H22N4O4S/c1-30(26,27)21(6-7-21)18-17-20(25-9-10-28-11-13(25)12-29-17)24-19(23-18)15-3-2-4-16-14(15)5-8-22-16/h2-5,8,13,22H,6-7,9-12H2,1H3. The third kappa shape index (κ3) is 2.51. The molecule has 9 heteroatoms. The van der Waals surface area contributed by atoms with Crippen LogP contribution in [-0.2, 0) is 19.3 Å². The SMILES string of the molecule is CS(=O)(=O)C1(c2nc(-c3cccc4[nH]ccc34)nc3c2OCC2COCCN32)CC1. The highest BCUT2D eigenvalue weighted by molar-refractivity contribution is 7.92. The molecule has 2 fully saturated rings. The quantitative estimate of drug-likeness (QED) is 0.686. The van der Waals surface area contributed by atoms with Gasteiger partial charge in [0.2, 0.25) is 0 Å². The number of hydrogen-bond acceptors (Lipinski definition) is 7. The van der Waals surface area contributed by atoms with Crippen molar-refractivity contribution in [1.82, 2.24) is 15.0 Å². The number of anilines is 1. The fourth-order valence-electron chi connectivity index (χ4n) is 4.62. The maximum atomic E-state index is 12.7. The molecular formula is C21H22N4O4S. The number of fused-ring (bicyclic) bond motifs is 4. The Morgan fingerprint density at radius 2 is 2.07 bits per heavy atom. The molecular weight excluding hydrogens is 404 g/mol. The van der Waals surface area contributed by atoms with Gasteiger partial charge >= 0.3 is 0 Å². The highest BCUT2D eigenvalue weighted by Crippen LogP contribution is 2.56. The van der Waals surface area contributed by atoms with E-state index in [0.29, 0.717) is 62.3 Å². The third-order valence-corrected chi connectivity index (χ3v) is 8.47. The predicted molar refractivity (Wildman–Crippen MR) is 113 cm³/mol. The van der Waals surface area contributed by atoms with Crippen molar-refractivity contribution in [1.29, 1.82) is 0 Å². The number of morpholine rings is 1.